The van der Waals surface area contributed by atoms with Crippen molar-refractivity contribution in [2.75, 3.05) is 5.32 Å². The van der Waals surface area contributed by atoms with Crippen LogP contribution in [0, 0.1) is 0 Å². The molecule has 0 saturated heterocycles. The number of nitrogens with one attached hydrogen (secondary N) is 1. The molecule has 2 aromatic heterocycles. The average molecular weight is 302 g/mol. The lowest BCUT2D eigenvalue weighted by Crippen LogP contribution is -2.07. The average Bonchev–Trinajstić information content (AvgIpc) is 2.72. The Morgan fingerprint density at radius 3 is 2.67 bits per heavy atom. The van der Waals surface area contributed by atoms with E-state index in [0.29, 0.717) is 10.7 Å². The Balaban J connectivity index is 2.25. The van der Waals surface area contributed by atoms with Crippen LogP contribution in [0.3, 0.4) is 0 Å². The highest BCUT2D eigenvalue weighted by Crippen LogP contribution is 2.34. The lowest BCUT2D eigenvalue weighted by atomic mass is 10.2. The van der Waals surface area contributed by atoms with Gasteiger partial charge in [-0.2, -0.15) is 0 Å². The number of carboxylic acid groups (broad SMARTS) is 1. The van der Waals surface area contributed by atoms with Crippen molar-refractivity contribution in [3.63, 3.8) is 0 Å². The molecule has 0 aliphatic rings. The summed E-state index contributed by atoms with van der Waals surface area (Å²) in [5, 5.41) is 14.0. The number of halogens is 1. The van der Waals surface area contributed by atoms with Crippen LogP contribution in [0.1, 0.15) is 10.5 Å². The third kappa shape index (κ3) is 2.32. The molecule has 3 rings (SSSR count). The number of benzene rings is 1. The van der Waals surface area contributed by atoms with Crippen LogP contribution < -0.4 is 5.32 Å². The fourth-order valence-corrected chi connectivity index (χ4v) is 2.55. The van der Waals surface area contributed by atoms with Crippen LogP contribution in [0.4, 0.5) is 11.4 Å². The minimum Gasteiger partial charge on any atom is -0.477 e. The van der Waals surface area contributed by atoms with Crippen molar-refractivity contribution in [3.05, 3.63) is 53.4 Å². The third-order valence-corrected chi connectivity index (χ3v) is 3.55. The Kier molecular flexibility index (Phi) is 3.27. The molecule has 0 fully saturated rings. The van der Waals surface area contributed by atoms with Crippen LogP contribution >= 0.6 is 11.6 Å². The summed E-state index contributed by atoms with van der Waals surface area (Å²) >= 11 is 6.04. The van der Waals surface area contributed by atoms with Gasteiger partial charge in [0.15, 0.2) is 5.69 Å². The van der Waals surface area contributed by atoms with Crippen molar-refractivity contribution in [1.82, 2.24) is 9.55 Å². The molecular weight excluding hydrogens is 290 g/mol. The minimum absolute atomic E-state index is 0.184. The lowest BCUT2D eigenvalue weighted by molar-refractivity contribution is 0.0688. The SMILES string of the molecule is Cn1c(C(=O)O)c(Nc2ccncc2)c2cc(Cl)ccc21. The minimum atomic E-state index is -0.999. The van der Waals surface area contributed by atoms with Gasteiger partial charge in [-0.05, 0) is 30.3 Å². The number of carboxylic acids is 1. The van der Waals surface area contributed by atoms with Crippen molar-refractivity contribution < 1.29 is 9.90 Å². The summed E-state index contributed by atoms with van der Waals surface area (Å²) < 4.78 is 1.64. The largest absolute Gasteiger partial charge is 0.477 e. The van der Waals surface area contributed by atoms with Crippen LogP contribution in [0.15, 0.2) is 42.7 Å². The molecule has 6 heteroatoms. The van der Waals surface area contributed by atoms with E-state index in [-0.39, 0.29) is 5.69 Å². The Labute approximate surface area is 125 Å². The van der Waals surface area contributed by atoms with Crippen LogP contribution in [-0.4, -0.2) is 20.6 Å². The zero-order valence-electron chi connectivity index (χ0n) is 11.2. The van der Waals surface area contributed by atoms with Gasteiger partial charge < -0.3 is 15.0 Å². The fourth-order valence-electron chi connectivity index (χ4n) is 2.37. The topological polar surface area (TPSA) is 67.2 Å². The summed E-state index contributed by atoms with van der Waals surface area (Å²) in [5.74, 6) is -0.999. The van der Waals surface area contributed by atoms with Gasteiger partial charge in [0.2, 0.25) is 0 Å². The second-order valence-electron chi connectivity index (χ2n) is 4.61. The summed E-state index contributed by atoms with van der Waals surface area (Å²) in [4.78, 5) is 15.5. The molecule has 0 unspecified atom stereocenters. The van der Waals surface area contributed by atoms with E-state index in [0.717, 1.165) is 16.6 Å². The fraction of sp³-hybridized carbons (Fsp3) is 0.0667. The van der Waals surface area contributed by atoms with E-state index in [1.807, 2.05) is 6.07 Å². The summed E-state index contributed by atoms with van der Waals surface area (Å²) in [6.45, 7) is 0. The molecule has 2 heterocycles. The number of anilines is 2. The molecule has 5 nitrogen and oxygen atoms in total. The number of hydrogen-bond donors (Lipinski definition) is 2. The van der Waals surface area contributed by atoms with Crippen molar-refractivity contribution in [1.29, 1.82) is 0 Å². The van der Waals surface area contributed by atoms with E-state index < -0.39 is 5.97 Å². The highest BCUT2D eigenvalue weighted by Gasteiger charge is 2.20. The molecule has 0 bridgehead atoms. The van der Waals surface area contributed by atoms with E-state index in [4.69, 9.17) is 11.6 Å². The Hall–Kier alpha value is -2.53. The highest BCUT2D eigenvalue weighted by atomic mass is 35.5. The lowest BCUT2D eigenvalue weighted by Gasteiger charge is -2.07. The number of aromatic carboxylic acids is 1. The maximum absolute atomic E-state index is 11.6. The molecule has 106 valence electrons. The first kappa shape index (κ1) is 13.5. The van der Waals surface area contributed by atoms with Gasteiger partial charge in [-0.15, -0.1) is 0 Å². The predicted octanol–water partition coefficient (Wildman–Crippen LogP) is 3.67. The Bertz CT molecular complexity index is 828. The molecule has 0 amide bonds. The van der Waals surface area contributed by atoms with Gasteiger partial charge >= 0.3 is 5.97 Å². The monoisotopic (exact) mass is 301 g/mol. The first-order valence-electron chi connectivity index (χ1n) is 6.26. The van der Waals surface area contributed by atoms with E-state index in [1.165, 1.54) is 0 Å². The van der Waals surface area contributed by atoms with Crippen molar-refractivity contribution >= 4 is 39.8 Å². The van der Waals surface area contributed by atoms with Gasteiger partial charge in [0.05, 0.1) is 11.2 Å². The number of rotatable bonds is 3. The Morgan fingerprint density at radius 2 is 2.00 bits per heavy atom. The van der Waals surface area contributed by atoms with Crippen LogP contribution in [-0.2, 0) is 7.05 Å². The molecular formula is C15H12ClN3O2. The quantitative estimate of drug-likeness (QED) is 0.774. The summed E-state index contributed by atoms with van der Waals surface area (Å²) in [5.41, 5.74) is 2.27. The van der Waals surface area contributed by atoms with Crippen LogP contribution in [0.25, 0.3) is 10.9 Å². The predicted molar refractivity (Wildman–Crippen MR) is 82.4 cm³/mol. The van der Waals surface area contributed by atoms with E-state index in [1.54, 1.807) is 48.3 Å². The van der Waals surface area contributed by atoms with Crippen LogP contribution in [0.2, 0.25) is 5.02 Å². The van der Waals surface area contributed by atoms with Gasteiger partial charge in [-0.1, -0.05) is 11.6 Å². The van der Waals surface area contributed by atoms with Crippen molar-refractivity contribution in [2.45, 2.75) is 0 Å². The maximum Gasteiger partial charge on any atom is 0.354 e. The van der Waals surface area contributed by atoms with Gasteiger partial charge in [0, 0.05) is 35.5 Å². The molecule has 2 N–H and O–H groups in total. The molecule has 0 atom stereocenters. The first-order chi connectivity index (χ1) is 10.1. The molecule has 0 aliphatic heterocycles. The van der Waals surface area contributed by atoms with Gasteiger partial charge in [-0.25, -0.2) is 4.79 Å². The summed E-state index contributed by atoms with van der Waals surface area (Å²) in [6, 6.07) is 8.85. The van der Waals surface area contributed by atoms with E-state index in [9.17, 15) is 9.90 Å². The smallest absolute Gasteiger partial charge is 0.354 e. The number of aryl methyl sites for hydroxylation is 1. The molecule has 1 aromatic carbocycles. The number of fused-ring (bicyclic) bond motifs is 1. The second-order valence-corrected chi connectivity index (χ2v) is 5.05. The maximum atomic E-state index is 11.6. The van der Waals surface area contributed by atoms with E-state index >= 15 is 0 Å². The summed E-state index contributed by atoms with van der Waals surface area (Å²) in [7, 11) is 1.72. The van der Waals surface area contributed by atoms with Gasteiger partial charge in [0.25, 0.3) is 0 Å². The zero-order valence-corrected chi connectivity index (χ0v) is 11.9. The standard InChI is InChI=1S/C15H12ClN3O2/c1-19-12-3-2-9(16)8-11(12)13(14(19)15(20)21)18-10-4-6-17-7-5-10/h2-8H,1H3,(H,17,18)(H,20,21). The number of nitrogens with zero attached hydrogens (tertiary/aromatic N) is 2. The Morgan fingerprint density at radius 1 is 1.29 bits per heavy atom. The number of aromatic nitrogens is 2. The number of hydrogen-bond acceptors (Lipinski definition) is 3. The summed E-state index contributed by atoms with van der Waals surface area (Å²) in [6.07, 6.45) is 3.28. The third-order valence-electron chi connectivity index (χ3n) is 3.31. The molecule has 0 saturated carbocycles. The zero-order chi connectivity index (χ0) is 15.0. The van der Waals surface area contributed by atoms with Gasteiger partial charge in [0.1, 0.15) is 0 Å². The number of pyridine rings is 1. The van der Waals surface area contributed by atoms with Crippen molar-refractivity contribution in [2.24, 2.45) is 7.05 Å². The second kappa shape index (κ2) is 5.10. The number of carbonyl (C=O) groups is 1. The molecule has 3 aromatic rings. The van der Waals surface area contributed by atoms with E-state index in [2.05, 4.69) is 10.3 Å². The molecule has 0 aliphatic carbocycles. The molecule has 0 spiro atoms. The normalized spacial score (nSPS) is 10.8. The highest BCUT2D eigenvalue weighted by molar-refractivity contribution is 6.31. The molecule has 0 radical (unpaired) electrons. The van der Waals surface area contributed by atoms with Crippen molar-refractivity contribution in [3.8, 4) is 0 Å². The first-order valence-corrected chi connectivity index (χ1v) is 6.64. The molecule has 21 heavy (non-hydrogen) atoms. The van der Waals surface area contributed by atoms with Crippen LogP contribution in [0.5, 0.6) is 0 Å². The van der Waals surface area contributed by atoms with Gasteiger partial charge in [-0.3, -0.25) is 4.98 Å².